The van der Waals surface area contributed by atoms with Crippen LogP contribution in [0.5, 0.6) is 0 Å². The van der Waals surface area contributed by atoms with E-state index in [4.69, 9.17) is 0 Å². The highest BCUT2D eigenvalue weighted by Gasteiger charge is 2.36. The molecule has 1 rings (SSSR count). The molecule has 1 unspecified atom stereocenters. The second-order valence-corrected chi connectivity index (χ2v) is 5.48. The smallest absolute Gasteiger partial charge is 0.178 e. The number of quaternary nitrogens is 1. The number of hydrogen-bond acceptors (Lipinski definition) is 3. The summed E-state index contributed by atoms with van der Waals surface area (Å²) in [4.78, 5) is 0. The van der Waals surface area contributed by atoms with Crippen LogP contribution < -0.4 is 0 Å². The van der Waals surface area contributed by atoms with Crippen LogP contribution in [0.4, 0.5) is 0 Å². The van der Waals surface area contributed by atoms with Crippen molar-refractivity contribution in [1.82, 2.24) is 0 Å². The van der Waals surface area contributed by atoms with Gasteiger partial charge in [0.05, 0.1) is 20.6 Å². The predicted molar refractivity (Wildman–Crippen MR) is 44.3 cm³/mol. The molecule has 0 amide bonds. The zero-order valence-corrected chi connectivity index (χ0v) is 8.30. The molecule has 0 aromatic carbocycles. The zero-order valence-electron chi connectivity index (χ0n) is 7.49. The van der Waals surface area contributed by atoms with Crippen molar-refractivity contribution >= 4 is 10.1 Å². The van der Waals surface area contributed by atoms with Crippen molar-refractivity contribution in [1.29, 1.82) is 0 Å². The fourth-order valence-electron chi connectivity index (χ4n) is 1.83. The lowest BCUT2D eigenvalue weighted by molar-refractivity contribution is -0.906. The Kier molecular flexibility index (Phi) is 2.47. The van der Waals surface area contributed by atoms with Gasteiger partial charge in [-0.3, -0.25) is 0 Å². The van der Waals surface area contributed by atoms with Crippen LogP contribution in [0.25, 0.3) is 0 Å². The zero-order chi connectivity index (χ0) is 9.41. The molecule has 12 heavy (non-hydrogen) atoms. The highest BCUT2D eigenvalue weighted by atomic mass is 32.2. The molecule has 1 heterocycles. The second kappa shape index (κ2) is 2.97. The molecule has 72 valence electrons. The Balaban J connectivity index is 2.88. The van der Waals surface area contributed by atoms with E-state index in [9.17, 15) is 13.0 Å². The first-order chi connectivity index (χ1) is 5.34. The first-order valence-corrected chi connectivity index (χ1v) is 5.58. The monoisotopic (exact) mass is 193 g/mol. The molecular weight excluding hydrogens is 178 g/mol. The number of rotatable bonds is 1. The minimum atomic E-state index is -4.11. The normalized spacial score (nSPS) is 30.1. The van der Waals surface area contributed by atoms with E-state index in [-0.39, 0.29) is 0 Å². The van der Waals surface area contributed by atoms with Crippen molar-refractivity contribution in [2.45, 2.75) is 24.6 Å². The molecule has 0 aromatic rings. The van der Waals surface area contributed by atoms with Gasteiger partial charge in [-0.2, -0.15) is 0 Å². The van der Waals surface area contributed by atoms with Gasteiger partial charge in [0, 0.05) is 6.42 Å². The van der Waals surface area contributed by atoms with Gasteiger partial charge in [-0.05, 0) is 12.8 Å². The lowest BCUT2D eigenvalue weighted by atomic mass is 10.1. The van der Waals surface area contributed by atoms with Gasteiger partial charge in [-0.15, -0.1) is 0 Å². The largest absolute Gasteiger partial charge is 0.743 e. The highest BCUT2D eigenvalue weighted by Crippen LogP contribution is 2.24. The van der Waals surface area contributed by atoms with E-state index >= 15 is 0 Å². The van der Waals surface area contributed by atoms with Gasteiger partial charge in [-0.25, -0.2) is 8.42 Å². The molecule has 5 heteroatoms. The first-order valence-electron chi connectivity index (χ1n) is 4.11. The minimum Gasteiger partial charge on any atom is -0.743 e. The molecule has 1 atom stereocenters. The Morgan fingerprint density at radius 3 is 2.25 bits per heavy atom. The van der Waals surface area contributed by atoms with Gasteiger partial charge >= 0.3 is 0 Å². The molecule has 0 saturated carbocycles. The summed E-state index contributed by atoms with van der Waals surface area (Å²) in [7, 11) is -0.502. The molecule has 0 aromatic heterocycles. The van der Waals surface area contributed by atoms with Gasteiger partial charge in [-0.1, -0.05) is 0 Å². The molecule has 1 saturated heterocycles. The average molecular weight is 193 g/mol. The molecule has 4 nitrogen and oxygen atoms in total. The summed E-state index contributed by atoms with van der Waals surface area (Å²) in [6, 6.07) is 0. The van der Waals surface area contributed by atoms with Gasteiger partial charge in [0.15, 0.2) is 5.37 Å². The molecule has 1 fully saturated rings. The standard InChI is InChI=1S/C7H15NO3S/c1-8(2)6-4-3-5-7(8)12(9,10)11/h7H,3-6H2,1-2H3. The van der Waals surface area contributed by atoms with Crippen LogP contribution in [0.3, 0.4) is 0 Å². The summed E-state index contributed by atoms with van der Waals surface area (Å²) in [6.07, 6.45) is 2.38. The molecule has 0 aliphatic carbocycles. The lowest BCUT2D eigenvalue weighted by Crippen LogP contribution is -2.55. The summed E-state index contributed by atoms with van der Waals surface area (Å²) < 4.78 is 32.8. The van der Waals surface area contributed by atoms with Crippen LogP contribution in [-0.4, -0.2) is 43.5 Å². The maximum Gasteiger partial charge on any atom is 0.178 e. The maximum absolute atomic E-state index is 10.8. The molecular formula is C7H15NO3S. The van der Waals surface area contributed by atoms with E-state index in [1.165, 1.54) is 0 Å². The minimum absolute atomic E-state index is 0.325. The Hall–Kier alpha value is -0.130. The molecule has 1 aliphatic rings. The number of likely N-dealkylation sites (tertiary alicyclic amines) is 1. The van der Waals surface area contributed by atoms with Crippen LogP contribution in [-0.2, 0) is 10.1 Å². The Bertz CT molecular complexity index is 258. The van der Waals surface area contributed by atoms with Crippen LogP contribution in [0.15, 0.2) is 0 Å². The van der Waals surface area contributed by atoms with Gasteiger partial charge in [0.25, 0.3) is 0 Å². The summed E-state index contributed by atoms with van der Waals surface area (Å²) in [6.45, 7) is 0.784. The maximum atomic E-state index is 10.8. The van der Waals surface area contributed by atoms with E-state index in [1.54, 1.807) is 14.1 Å². The van der Waals surface area contributed by atoms with Crippen molar-refractivity contribution < 1.29 is 17.5 Å². The van der Waals surface area contributed by atoms with Crippen LogP contribution >= 0.6 is 0 Å². The van der Waals surface area contributed by atoms with E-state index in [0.29, 0.717) is 10.9 Å². The summed E-state index contributed by atoms with van der Waals surface area (Å²) >= 11 is 0. The molecule has 1 aliphatic heterocycles. The fraction of sp³-hybridized carbons (Fsp3) is 1.00. The van der Waals surface area contributed by atoms with Crippen LogP contribution in [0.1, 0.15) is 19.3 Å². The average Bonchev–Trinajstić information content (AvgIpc) is 1.83. The first kappa shape index (κ1) is 9.95. The SMILES string of the molecule is C[N+]1(C)CCCCC1S(=O)(=O)[O-]. The fourth-order valence-corrected chi connectivity index (χ4v) is 3.09. The van der Waals surface area contributed by atoms with Crippen molar-refractivity contribution in [3.05, 3.63) is 0 Å². The number of piperidine rings is 1. The Morgan fingerprint density at radius 2 is 1.92 bits per heavy atom. The van der Waals surface area contributed by atoms with E-state index < -0.39 is 15.5 Å². The summed E-state index contributed by atoms with van der Waals surface area (Å²) in [5, 5.41) is -0.730. The third-order valence-corrected chi connectivity index (χ3v) is 4.02. The van der Waals surface area contributed by atoms with Crippen molar-refractivity contribution in [3.63, 3.8) is 0 Å². The Morgan fingerprint density at radius 1 is 1.33 bits per heavy atom. The van der Waals surface area contributed by atoms with Crippen molar-refractivity contribution in [2.24, 2.45) is 0 Å². The number of nitrogens with zero attached hydrogens (tertiary/aromatic N) is 1. The quantitative estimate of drug-likeness (QED) is 0.439. The number of hydrogen-bond donors (Lipinski definition) is 0. The summed E-state index contributed by atoms with van der Waals surface area (Å²) in [5.74, 6) is 0. The van der Waals surface area contributed by atoms with Crippen LogP contribution in [0.2, 0.25) is 0 Å². The van der Waals surface area contributed by atoms with E-state index in [1.807, 2.05) is 0 Å². The third kappa shape index (κ3) is 1.97. The van der Waals surface area contributed by atoms with Gasteiger partial charge in [0.1, 0.15) is 10.1 Å². The summed E-state index contributed by atoms with van der Waals surface area (Å²) in [5.41, 5.74) is 0. The highest BCUT2D eigenvalue weighted by molar-refractivity contribution is 7.86. The molecule has 0 radical (unpaired) electrons. The third-order valence-electron chi connectivity index (χ3n) is 2.55. The molecule has 0 N–H and O–H groups in total. The lowest BCUT2D eigenvalue weighted by Gasteiger charge is -2.42. The Labute approximate surface area is 73.5 Å². The molecule has 0 spiro atoms. The van der Waals surface area contributed by atoms with Crippen molar-refractivity contribution in [2.75, 3.05) is 20.6 Å². The second-order valence-electron chi connectivity index (χ2n) is 3.95. The van der Waals surface area contributed by atoms with Crippen molar-refractivity contribution in [3.8, 4) is 0 Å². The van der Waals surface area contributed by atoms with Gasteiger partial charge in [0.2, 0.25) is 0 Å². The van der Waals surface area contributed by atoms with Crippen LogP contribution in [0, 0.1) is 0 Å². The predicted octanol–water partition coefficient (Wildman–Crippen LogP) is 0.118. The molecule has 0 bridgehead atoms. The van der Waals surface area contributed by atoms with Gasteiger partial charge < -0.3 is 9.04 Å². The van der Waals surface area contributed by atoms with E-state index in [2.05, 4.69) is 0 Å². The van der Waals surface area contributed by atoms with E-state index in [0.717, 1.165) is 19.4 Å². The topological polar surface area (TPSA) is 57.2 Å².